The minimum absolute atomic E-state index is 0.0346. The highest BCUT2D eigenvalue weighted by Crippen LogP contribution is 2.49. The van der Waals surface area contributed by atoms with E-state index in [1.807, 2.05) is 13.8 Å². The van der Waals surface area contributed by atoms with Crippen LogP contribution in [0.25, 0.3) is 0 Å². The molecular weight excluding hydrogens is 324 g/mol. The van der Waals surface area contributed by atoms with Crippen LogP contribution in [0.3, 0.4) is 0 Å². The third-order valence-corrected chi connectivity index (χ3v) is 6.25. The Balaban J connectivity index is 1.45. The Morgan fingerprint density at radius 3 is 2.68 bits per heavy atom. The van der Waals surface area contributed by atoms with E-state index in [0.717, 1.165) is 19.3 Å². The standard InChI is InChI=1S/C19H30O6/c1-18-9-7-15(21)17(14(18)5-6-16(18)22)23-12-13(20)4-3-8-19(2)24-10-11-25-19/h13-14,17,20H,3-12H2,1-2H3/t13?,14-,17?,18-/m0/s1. The van der Waals surface area contributed by atoms with Crippen molar-refractivity contribution in [3.63, 3.8) is 0 Å². The molecular formula is C19H30O6. The van der Waals surface area contributed by atoms with Crippen LogP contribution in [-0.2, 0) is 23.8 Å². The van der Waals surface area contributed by atoms with E-state index in [9.17, 15) is 14.7 Å². The lowest BCUT2D eigenvalue weighted by atomic mass is 9.67. The van der Waals surface area contributed by atoms with Crippen molar-refractivity contribution in [3.05, 3.63) is 0 Å². The Morgan fingerprint density at radius 1 is 1.24 bits per heavy atom. The second-order valence-corrected chi connectivity index (χ2v) is 8.08. The number of aliphatic hydroxyl groups is 1. The van der Waals surface area contributed by atoms with Gasteiger partial charge < -0.3 is 19.3 Å². The molecule has 0 radical (unpaired) electrons. The van der Waals surface area contributed by atoms with E-state index in [2.05, 4.69) is 0 Å². The summed E-state index contributed by atoms with van der Waals surface area (Å²) >= 11 is 0. The quantitative estimate of drug-likeness (QED) is 0.753. The third-order valence-electron chi connectivity index (χ3n) is 6.25. The van der Waals surface area contributed by atoms with Crippen LogP contribution in [-0.4, -0.2) is 54.5 Å². The van der Waals surface area contributed by atoms with Crippen LogP contribution in [0.2, 0.25) is 0 Å². The first-order valence-electron chi connectivity index (χ1n) is 9.48. The smallest absolute Gasteiger partial charge is 0.165 e. The summed E-state index contributed by atoms with van der Waals surface area (Å²) in [5.41, 5.74) is -0.421. The molecule has 6 heteroatoms. The molecule has 0 spiro atoms. The zero-order chi connectivity index (χ0) is 18.1. The number of hydrogen-bond donors (Lipinski definition) is 1. The molecule has 1 aliphatic heterocycles. The number of carbonyl (C=O) groups is 2. The van der Waals surface area contributed by atoms with Gasteiger partial charge in [-0.1, -0.05) is 6.92 Å². The summed E-state index contributed by atoms with van der Waals surface area (Å²) in [4.78, 5) is 24.5. The molecule has 1 N–H and O–H groups in total. The van der Waals surface area contributed by atoms with Gasteiger partial charge in [0, 0.05) is 30.6 Å². The van der Waals surface area contributed by atoms with Crippen molar-refractivity contribution in [2.45, 2.75) is 76.8 Å². The first-order valence-corrected chi connectivity index (χ1v) is 9.48. The fourth-order valence-electron chi connectivity index (χ4n) is 4.52. The van der Waals surface area contributed by atoms with Crippen LogP contribution < -0.4 is 0 Å². The molecule has 1 heterocycles. The molecule has 0 aromatic heterocycles. The zero-order valence-electron chi connectivity index (χ0n) is 15.3. The van der Waals surface area contributed by atoms with Crippen molar-refractivity contribution < 1.29 is 28.9 Å². The number of carbonyl (C=O) groups excluding carboxylic acids is 2. The number of ketones is 2. The number of Topliss-reactive ketones (excluding diaryl/α,β-unsaturated/α-hetero) is 2. The molecule has 0 bridgehead atoms. The van der Waals surface area contributed by atoms with Crippen molar-refractivity contribution >= 4 is 11.6 Å². The second kappa shape index (κ2) is 7.43. The highest BCUT2D eigenvalue weighted by atomic mass is 16.7. The van der Waals surface area contributed by atoms with Gasteiger partial charge in [0.15, 0.2) is 11.6 Å². The fourth-order valence-corrected chi connectivity index (χ4v) is 4.52. The van der Waals surface area contributed by atoms with Crippen LogP contribution in [0.5, 0.6) is 0 Å². The molecule has 4 atom stereocenters. The summed E-state index contributed by atoms with van der Waals surface area (Å²) in [7, 11) is 0. The molecule has 3 fully saturated rings. The molecule has 2 saturated carbocycles. The number of rotatable bonds is 7. The summed E-state index contributed by atoms with van der Waals surface area (Å²) in [5, 5.41) is 10.2. The number of ether oxygens (including phenoxy) is 3. The van der Waals surface area contributed by atoms with Gasteiger partial charge in [-0.15, -0.1) is 0 Å². The van der Waals surface area contributed by atoms with Gasteiger partial charge in [-0.2, -0.15) is 0 Å². The Hall–Kier alpha value is -0.820. The largest absolute Gasteiger partial charge is 0.391 e. The fraction of sp³-hybridized carbons (Fsp3) is 0.895. The SMILES string of the molecule is CC1(CCCC(O)COC2C(=O)CC[C@]3(C)C(=O)CC[C@@H]23)OCCO1. The molecule has 142 valence electrons. The van der Waals surface area contributed by atoms with Gasteiger partial charge in [-0.05, 0) is 32.6 Å². The van der Waals surface area contributed by atoms with E-state index in [1.165, 1.54) is 0 Å². The highest BCUT2D eigenvalue weighted by Gasteiger charge is 2.54. The average Bonchev–Trinajstić information content (AvgIpc) is 3.12. The maximum absolute atomic E-state index is 12.3. The summed E-state index contributed by atoms with van der Waals surface area (Å²) in [6.07, 6.45) is 3.18. The predicted molar refractivity (Wildman–Crippen MR) is 90.0 cm³/mol. The minimum atomic E-state index is -0.622. The Kier molecular flexibility index (Phi) is 5.63. The summed E-state index contributed by atoms with van der Waals surface area (Å²) in [6.45, 7) is 5.25. The molecule has 1 saturated heterocycles. The van der Waals surface area contributed by atoms with E-state index >= 15 is 0 Å². The number of fused-ring (bicyclic) bond motifs is 1. The summed E-state index contributed by atoms with van der Waals surface area (Å²) < 4.78 is 16.9. The lowest BCUT2D eigenvalue weighted by Gasteiger charge is -2.39. The second-order valence-electron chi connectivity index (χ2n) is 8.08. The Labute approximate surface area is 149 Å². The van der Waals surface area contributed by atoms with Crippen LogP contribution in [0.4, 0.5) is 0 Å². The van der Waals surface area contributed by atoms with E-state index in [-0.39, 0.29) is 24.1 Å². The van der Waals surface area contributed by atoms with Crippen molar-refractivity contribution in [3.8, 4) is 0 Å². The number of hydrogen-bond acceptors (Lipinski definition) is 6. The summed E-state index contributed by atoms with van der Waals surface area (Å²) in [6, 6.07) is 0. The Morgan fingerprint density at radius 2 is 1.96 bits per heavy atom. The van der Waals surface area contributed by atoms with Gasteiger partial charge in [0.05, 0.1) is 25.9 Å². The molecule has 3 aliphatic rings. The van der Waals surface area contributed by atoms with E-state index < -0.39 is 23.4 Å². The summed E-state index contributed by atoms with van der Waals surface area (Å²) in [5.74, 6) is -0.243. The topological polar surface area (TPSA) is 82.1 Å². The van der Waals surface area contributed by atoms with Gasteiger partial charge in [-0.3, -0.25) is 9.59 Å². The van der Waals surface area contributed by atoms with E-state index in [1.54, 1.807) is 0 Å². The maximum atomic E-state index is 12.3. The molecule has 2 aliphatic carbocycles. The van der Waals surface area contributed by atoms with Gasteiger partial charge in [0.25, 0.3) is 0 Å². The van der Waals surface area contributed by atoms with Crippen molar-refractivity contribution in [2.24, 2.45) is 11.3 Å². The van der Waals surface area contributed by atoms with Crippen molar-refractivity contribution in [2.75, 3.05) is 19.8 Å². The molecule has 2 unspecified atom stereocenters. The molecule has 0 aromatic rings. The van der Waals surface area contributed by atoms with Gasteiger partial charge in [0.1, 0.15) is 11.9 Å². The predicted octanol–water partition coefficient (Wildman–Crippen LogP) is 2.01. The number of aliphatic hydroxyl groups excluding tert-OH is 1. The average molecular weight is 354 g/mol. The molecule has 25 heavy (non-hydrogen) atoms. The van der Waals surface area contributed by atoms with Crippen molar-refractivity contribution in [1.29, 1.82) is 0 Å². The zero-order valence-corrected chi connectivity index (χ0v) is 15.3. The molecule has 0 aromatic carbocycles. The van der Waals surface area contributed by atoms with Crippen LogP contribution in [0, 0.1) is 11.3 Å². The molecule has 6 nitrogen and oxygen atoms in total. The lowest BCUT2D eigenvalue weighted by molar-refractivity contribution is -0.152. The minimum Gasteiger partial charge on any atom is -0.391 e. The highest BCUT2D eigenvalue weighted by molar-refractivity contribution is 5.93. The lowest BCUT2D eigenvalue weighted by Crippen LogP contribution is -2.47. The first kappa shape index (κ1) is 19.0. The van der Waals surface area contributed by atoms with Crippen LogP contribution >= 0.6 is 0 Å². The first-order chi connectivity index (χ1) is 11.8. The van der Waals surface area contributed by atoms with Crippen molar-refractivity contribution in [1.82, 2.24) is 0 Å². The normalized spacial score (nSPS) is 35.8. The Bertz CT molecular complexity index is 512. The van der Waals surface area contributed by atoms with Gasteiger partial charge in [-0.25, -0.2) is 0 Å². The van der Waals surface area contributed by atoms with E-state index in [0.29, 0.717) is 38.9 Å². The van der Waals surface area contributed by atoms with Crippen LogP contribution in [0.15, 0.2) is 0 Å². The van der Waals surface area contributed by atoms with E-state index in [4.69, 9.17) is 14.2 Å². The molecule has 0 amide bonds. The van der Waals surface area contributed by atoms with Gasteiger partial charge in [0.2, 0.25) is 0 Å². The maximum Gasteiger partial charge on any atom is 0.165 e. The van der Waals surface area contributed by atoms with Crippen LogP contribution in [0.1, 0.15) is 58.8 Å². The van der Waals surface area contributed by atoms with Gasteiger partial charge >= 0.3 is 0 Å². The third kappa shape index (κ3) is 3.97. The monoisotopic (exact) mass is 354 g/mol. The molecule has 3 rings (SSSR count).